The van der Waals surface area contributed by atoms with Gasteiger partial charge in [0, 0.05) is 15.8 Å². The Labute approximate surface area is 133 Å². The van der Waals surface area contributed by atoms with E-state index in [1.54, 1.807) is 13.2 Å². The molecular weight excluding hydrogens is 371 g/mol. The minimum atomic E-state index is -4.51. The van der Waals surface area contributed by atoms with Crippen molar-refractivity contribution in [3.05, 3.63) is 33.8 Å². The van der Waals surface area contributed by atoms with E-state index in [0.29, 0.717) is 0 Å². The number of aliphatic hydroxyl groups is 1. The van der Waals surface area contributed by atoms with Crippen LogP contribution in [0.25, 0.3) is 0 Å². The van der Waals surface area contributed by atoms with Crippen molar-refractivity contribution < 1.29 is 23.1 Å². The molecule has 3 nitrogen and oxygen atoms in total. The molecule has 8 heteroatoms. The van der Waals surface area contributed by atoms with Crippen molar-refractivity contribution in [1.29, 1.82) is 0 Å². The molecular formula is C13H15BrF3NO2S. The lowest BCUT2D eigenvalue weighted by molar-refractivity contribution is -0.137. The van der Waals surface area contributed by atoms with E-state index in [2.05, 4.69) is 21.2 Å². The molecule has 1 amide bonds. The first-order chi connectivity index (χ1) is 9.70. The zero-order valence-corrected chi connectivity index (χ0v) is 13.8. The average molecular weight is 386 g/mol. The highest BCUT2D eigenvalue weighted by molar-refractivity contribution is 9.10. The van der Waals surface area contributed by atoms with Crippen LogP contribution in [0, 0.1) is 0 Å². The topological polar surface area (TPSA) is 49.3 Å². The van der Waals surface area contributed by atoms with Gasteiger partial charge in [-0.1, -0.05) is 0 Å². The molecule has 0 aliphatic carbocycles. The maximum atomic E-state index is 12.7. The third-order valence-corrected chi connectivity index (χ3v) is 4.79. The van der Waals surface area contributed by atoms with Gasteiger partial charge in [-0.3, -0.25) is 4.79 Å². The van der Waals surface area contributed by atoms with E-state index in [4.69, 9.17) is 5.11 Å². The van der Waals surface area contributed by atoms with Crippen molar-refractivity contribution in [2.75, 3.05) is 12.9 Å². The molecule has 1 rings (SSSR count). The van der Waals surface area contributed by atoms with Gasteiger partial charge in [-0.05, 0) is 47.3 Å². The Bertz CT molecular complexity index is 507. The lowest BCUT2D eigenvalue weighted by atomic mass is 10.1. The van der Waals surface area contributed by atoms with Crippen LogP contribution >= 0.6 is 27.7 Å². The summed E-state index contributed by atoms with van der Waals surface area (Å²) >= 11 is 4.45. The summed E-state index contributed by atoms with van der Waals surface area (Å²) in [6, 6.07) is 2.53. The predicted molar refractivity (Wildman–Crippen MR) is 80.5 cm³/mol. The Hall–Kier alpha value is -0.730. The van der Waals surface area contributed by atoms with Gasteiger partial charge >= 0.3 is 6.18 Å². The molecule has 0 aromatic heterocycles. The molecule has 1 aromatic rings. The van der Waals surface area contributed by atoms with Crippen LogP contribution in [-0.2, 0) is 6.18 Å². The van der Waals surface area contributed by atoms with Gasteiger partial charge in [-0.2, -0.15) is 24.9 Å². The Morgan fingerprint density at radius 3 is 2.57 bits per heavy atom. The molecule has 2 unspecified atom stereocenters. The maximum Gasteiger partial charge on any atom is 0.416 e. The minimum Gasteiger partial charge on any atom is -0.395 e. The van der Waals surface area contributed by atoms with E-state index in [1.807, 2.05) is 0 Å². The second-order valence-corrected chi connectivity index (χ2v) is 6.34. The largest absolute Gasteiger partial charge is 0.416 e. The molecule has 2 N–H and O–H groups in total. The fourth-order valence-electron chi connectivity index (χ4n) is 1.69. The molecule has 0 radical (unpaired) electrons. The van der Waals surface area contributed by atoms with E-state index in [9.17, 15) is 18.0 Å². The van der Waals surface area contributed by atoms with Gasteiger partial charge in [-0.15, -0.1) is 0 Å². The van der Waals surface area contributed by atoms with Gasteiger partial charge < -0.3 is 10.4 Å². The lowest BCUT2D eigenvalue weighted by Gasteiger charge is -2.21. The first-order valence-corrected chi connectivity index (χ1v) is 8.10. The standard InChI is InChI=1S/C13H15BrF3NO2S/c1-7(11(6-19)21-2)18-12(20)9-5-8(13(15,16)17)3-4-10(9)14/h3-5,7,11,19H,6H2,1-2H3,(H,18,20). The fraction of sp³-hybridized carbons (Fsp3) is 0.462. The lowest BCUT2D eigenvalue weighted by Crippen LogP contribution is -2.41. The van der Waals surface area contributed by atoms with Crippen molar-refractivity contribution in [1.82, 2.24) is 5.32 Å². The van der Waals surface area contributed by atoms with Crippen LogP contribution in [0.1, 0.15) is 22.8 Å². The van der Waals surface area contributed by atoms with Gasteiger partial charge in [0.15, 0.2) is 0 Å². The number of hydrogen-bond acceptors (Lipinski definition) is 3. The summed E-state index contributed by atoms with van der Waals surface area (Å²) in [5, 5.41) is 11.5. The monoisotopic (exact) mass is 385 g/mol. The highest BCUT2D eigenvalue weighted by Gasteiger charge is 2.32. The van der Waals surface area contributed by atoms with Gasteiger partial charge in [-0.25, -0.2) is 0 Å². The van der Waals surface area contributed by atoms with Crippen LogP contribution in [0.15, 0.2) is 22.7 Å². The Kier molecular flexibility index (Phi) is 6.55. The van der Waals surface area contributed by atoms with Crippen LogP contribution < -0.4 is 5.32 Å². The van der Waals surface area contributed by atoms with E-state index >= 15 is 0 Å². The van der Waals surface area contributed by atoms with Crippen LogP contribution in [0.5, 0.6) is 0 Å². The Morgan fingerprint density at radius 1 is 1.48 bits per heavy atom. The number of aliphatic hydroxyl groups excluding tert-OH is 1. The van der Waals surface area contributed by atoms with Crippen molar-refractivity contribution in [3.8, 4) is 0 Å². The summed E-state index contributed by atoms with van der Waals surface area (Å²) in [5.41, 5.74) is -0.971. The minimum absolute atomic E-state index is 0.0885. The number of rotatable bonds is 5. The molecule has 1 aromatic carbocycles. The summed E-state index contributed by atoms with van der Waals surface area (Å²) in [6.45, 7) is 1.56. The second kappa shape index (κ2) is 7.51. The molecule has 0 aliphatic rings. The summed E-state index contributed by atoms with van der Waals surface area (Å²) in [7, 11) is 0. The molecule has 0 spiro atoms. The SMILES string of the molecule is CSC(CO)C(C)NC(=O)c1cc(C(F)(F)F)ccc1Br. The Balaban J connectivity index is 2.97. The summed E-state index contributed by atoms with van der Waals surface area (Å²) in [6.07, 6.45) is -2.72. The average Bonchev–Trinajstić information content (AvgIpc) is 2.39. The van der Waals surface area contributed by atoms with Crippen LogP contribution in [0.3, 0.4) is 0 Å². The molecule has 0 aliphatic heterocycles. The molecule has 0 saturated heterocycles. The number of halogens is 4. The summed E-state index contributed by atoms with van der Waals surface area (Å²) < 4.78 is 38.3. The number of thioether (sulfide) groups is 1. The number of carbonyl (C=O) groups is 1. The highest BCUT2D eigenvalue weighted by atomic mass is 79.9. The first kappa shape index (κ1) is 18.3. The number of carbonyl (C=O) groups excluding carboxylic acids is 1. The number of hydrogen-bond donors (Lipinski definition) is 2. The van der Waals surface area contributed by atoms with Crippen molar-refractivity contribution in [2.24, 2.45) is 0 Å². The van der Waals surface area contributed by atoms with E-state index in [1.165, 1.54) is 17.8 Å². The third kappa shape index (κ3) is 4.89. The Morgan fingerprint density at radius 2 is 2.10 bits per heavy atom. The smallest absolute Gasteiger partial charge is 0.395 e. The van der Waals surface area contributed by atoms with Crippen LogP contribution in [0.4, 0.5) is 13.2 Å². The molecule has 0 saturated carbocycles. The molecule has 21 heavy (non-hydrogen) atoms. The number of benzene rings is 1. The van der Waals surface area contributed by atoms with E-state index in [-0.39, 0.29) is 27.9 Å². The zero-order chi connectivity index (χ0) is 16.2. The third-order valence-electron chi connectivity index (χ3n) is 2.94. The number of amides is 1. The van der Waals surface area contributed by atoms with Crippen molar-refractivity contribution in [2.45, 2.75) is 24.4 Å². The normalized spacial score (nSPS) is 14.6. The van der Waals surface area contributed by atoms with Gasteiger partial charge in [0.1, 0.15) is 0 Å². The van der Waals surface area contributed by atoms with Crippen molar-refractivity contribution in [3.63, 3.8) is 0 Å². The molecule has 0 fully saturated rings. The van der Waals surface area contributed by atoms with E-state index < -0.39 is 17.6 Å². The fourth-order valence-corrected chi connectivity index (χ4v) is 2.74. The summed E-state index contributed by atoms with van der Waals surface area (Å²) in [5.74, 6) is -0.618. The van der Waals surface area contributed by atoms with Gasteiger partial charge in [0.05, 0.1) is 17.7 Å². The number of nitrogens with one attached hydrogen (secondary N) is 1. The molecule has 118 valence electrons. The first-order valence-electron chi connectivity index (χ1n) is 6.02. The quantitative estimate of drug-likeness (QED) is 0.817. The van der Waals surface area contributed by atoms with Gasteiger partial charge in [0.25, 0.3) is 5.91 Å². The number of alkyl halides is 3. The molecule has 0 heterocycles. The highest BCUT2D eigenvalue weighted by Crippen LogP contribution is 2.32. The predicted octanol–water partition coefficient (Wildman–Crippen LogP) is 3.31. The zero-order valence-electron chi connectivity index (χ0n) is 11.4. The van der Waals surface area contributed by atoms with Crippen LogP contribution in [0.2, 0.25) is 0 Å². The van der Waals surface area contributed by atoms with Crippen molar-refractivity contribution >= 4 is 33.6 Å². The van der Waals surface area contributed by atoms with E-state index in [0.717, 1.165) is 12.1 Å². The molecule has 2 atom stereocenters. The summed E-state index contributed by atoms with van der Waals surface area (Å²) in [4.78, 5) is 12.1. The van der Waals surface area contributed by atoms with Crippen LogP contribution in [-0.4, -0.2) is 35.2 Å². The van der Waals surface area contributed by atoms with Gasteiger partial charge in [0.2, 0.25) is 0 Å². The second-order valence-electron chi connectivity index (χ2n) is 4.41. The molecule has 0 bridgehead atoms. The maximum absolute atomic E-state index is 12.7.